The molecule has 1 aliphatic rings. The van der Waals surface area contributed by atoms with Gasteiger partial charge >= 0.3 is 0 Å². The minimum absolute atomic E-state index is 0.0633. The van der Waals surface area contributed by atoms with E-state index in [2.05, 4.69) is 5.32 Å². The van der Waals surface area contributed by atoms with Crippen LogP contribution in [0.1, 0.15) is 17.5 Å². The van der Waals surface area contributed by atoms with Gasteiger partial charge in [0.25, 0.3) is 0 Å². The molecule has 1 atom stereocenters. The molecule has 4 nitrogen and oxygen atoms in total. The second-order valence-electron chi connectivity index (χ2n) is 6.46. The zero-order chi connectivity index (χ0) is 18.4. The summed E-state index contributed by atoms with van der Waals surface area (Å²) in [4.78, 5) is 25.8. The summed E-state index contributed by atoms with van der Waals surface area (Å²) in [5.41, 5.74) is 1.86. The molecule has 0 bridgehead atoms. The summed E-state index contributed by atoms with van der Waals surface area (Å²) in [7, 11) is 0. The minimum atomic E-state index is -0.286. The van der Waals surface area contributed by atoms with Gasteiger partial charge in [-0.3, -0.25) is 9.59 Å². The molecule has 0 saturated carbocycles. The largest absolute Gasteiger partial charge is 0.352 e. The molecule has 1 unspecified atom stereocenters. The van der Waals surface area contributed by atoms with Crippen molar-refractivity contribution in [2.75, 3.05) is 13.1 Å². The number of hydrogen-bond acceptors (Lipinski definition) is 2. The van der Waals surface area contributed by atoms with Gasteiger partial charge < -0.3 is 10.2 Å². The Bertz CT molecular complexity index is 787. The Morgan fingerprint density at radius 2 is 1.88 bits per heavy atom. The number of amides is 2. The third-order valence-corrected chi connectivity index (χ3v) is 4.37. The van der Waals surface area contributed by atoms with E-state index in [-0.39, 0.29) is 23.5 Å². The van der Waals surface area contributed by atoms with Gasteiger partial charge in [0, 0.05) is 38.0 Å². The number of rotatable bonds is 6. The monoisotopic (exact) mass is 352 g/mol. The fourth-order valence-corrected chi connectivity index (χ4v) is 2.99. The molecule has 2 aromatic rings. The van der Waals surface area contributed by atoms with Crippen LogP contribution < -0.4 is 5.32 Å². The second-order valence-corrected chi connectivity index (χ2v) is 6.46. The quantitative estimate of drug-likeness (QED) is 0.813. The van der Waals surface area contributed by atoms with Crippen LogP contribution in [0.15, 0.2) is 60.7 Å². The molecule has 1 saturated heterocycles. The van der Waals surface area contributed by atoms with Crippen LogP contribution in [0.4, 0.5) is 4.39 Å². The maximum absolute atomic E-state index is 13.0. The average molecular weight is 352 g/mol. The van der Waals surface area contributed by atoms with Crippen molar-refractivity contribution in [2.45, 2.75) is 13.0 Å². The molecular formula is C21H21FN2O2. The van der Waals surface area contributed by atoms with Crippen molar-refractivity contribution in [3.05, 3.63) is 77.6 Å². The molecule has 0 aromatic heterocycles. The Morgan fingerprint density at radius 3 is 2.62 bits per heavy atom. The first-order valence-electron chi connectivity index (χ1n) is 8.63. The Balaban J connectivity index is 1.46. The number of halogens is 1. The standard InChI is InChI=1S/C21H21FN2O2/c22-19-9-6-17(7-10-19)14-24-15-18(12-21(24)26)13-23-20(25)11-8-16-4-2-1-3-5-16/h1-11,18H,12-15H2,(H,23,25)/b11-8-. The maximum atomic E-state index is 13.0. The smallest absolute Gasteiger partial charge is 0.244 e. The molecule has 2 amide bonds. The van der Waals surface area contributed by atoms with E-state index in [4.69, 9.17) is 0 Å². The van der Waals surface area contributed by atoms with Gasteiger partial charge in [-0.05, 0) is 29.3 Å². The van der Waals surface area contributed by atoms with E-state index in [1.807, 2.05) is 30.3 Å². The van der Waals surface area contributed by atoms with E-state index in [0.717, 1.165) is 11.1 Å². The first-order chi connectivity index (χ1) is 12.6. The number of carbonyl (C=O) groups is 2. The number of nitrogens with zero attached hydrogens (tertiary/aromatic N) is 1. The van der Waals surface area contributed by atoms with Gasteiger partial charge in [0.15, 0.2) is 0 Å². The molecule has 0 radical (unpaired) electrons. The first kappa shape index (κ1) is 17.9. The SMILES string of the molecule is O=C(/C=C\c1ccccc1)NCC1CC(=O)N(Cc2ccc(F)cc2)C1. The van der Waals surface area contributed by atoms with Gasteiger partial charge in [-0.2, -0.15) is 0 Å². The highest BCUT2D eigenvalue weighted by Crippen LogP contribution is 2.19. The van der Waals surface area contributed by atoms with E-state index in [0.29, 0.717) is 26.1 Å². The number of benzene rings is 2. The van der Waals surface area contributed by atoms with Crippen molar-refractivity contribution in [2.24, 2.45) is 5.92 Å². The van der Waals surface area contributed by atoms with Crippen molar-refractivity contribution in [1.82, 2.24) is 10.2 Å². The Kier molecular flexibility index (Phi) is 5.79. The zero-order valence-electron chi connectivity index (χ0n) is 14.4. The highest BCUT2D eigenvalue weighted by atomic mass is 19.1. The van der Waals surface area contributed by atoms with E-state index >= 15 is 0 Å². The van der Waals surface area contributed by atoms with Gasteiger partial charge in [0.2, 0.25) is 11.8 Å². The lowest BCUT2D eigenvalue weighted by Gasteiger charge is -2.17. The van der Waals surface area contributed by atoms with Crippen LogP contribution >= 0.6 is 0 Å². The predicted octanol–water partition coefficient (Wildman–Crippen LogP) is 3.00. The fraction of sp³-hybridized carbons (Fsp3) is 0.238. The Hall–Kier alpha value is -2.95. The van der Waals surface area contributed by atoms with Gasteiger partial charge in [0.1, 0.15) is 5.82 Å². The maximum Gasteiger partial charge on any atom is 0.244 e. The Morgan fingerprint density at radius 1 is 1.15 bits per heavy atom. The fourth-order valence-electron chi connectivity index (χ4n) is 2.99. The lowest BCUT2D eigenvalue weighted by Crippen LogP contribution is -2.30. The van der Waals surface area contributed by atoms with Crippen molar-refractivity contribution >= 4 is 17.9 Å². The number of carbonyl (C=O) groups excluding carboxylic acids is 2. The summed E-state index contributed by atoms with van der Waals surface area (Å²) >= 11 is 0. The van der Waals surface area contributed by atoms with Crippen LogP contribution in [0, 0.1) is 11.7 Å². The summed E-state index contributed by atoms with van der Waals surface area (Å²) < 4.78 is 13.0. The summed E-state index contributed by atoms with van der Waals surface area (Å²) in [6.45, 7) is 1.53. The highest BCUT2D eigenvalue weighted by Gasteiger charge is 2.29. The Labute approximate surface area is 152 Å². The zero-order valence-corrected chi connectivity index (χ0v) is 14.4. The molecule has 26 heavy (non-hydrogen) atoms. The molecule has 5 heteroatoms. The van der Waals surface area contributed by atoms with Gasteiger partial charge in [-0.25, -0.2) is 4.39 Å². The molecule has 3 rings (SSSR count). The van der Waals surface area contributed by atoms with E-state index in [1.54, 1.807) is 23.1 Å². The third-order valence-electron chi connectivity index (χ3n) is 4.37. The number of likely N-dealkylation sites (tertiary alicyclic amines) is 1. The summed E-state index contributed by atoms with van der Waals surface area (Å²) in [5, 5.41) is 2.85. The lowest BCUT2D eigenvalue weighted by molar-refractivity contribution is -0.128. The molecule has 0 aliphatic carbocycles. The van der Waals surface area contributed by atoms with E-state index in [1.165, 1.54) is 18.2 Å². The van der Waals surface area contributed by atoms with Crippen molar-refractivity contribution in [3.63, 3.8) is 0 Å². The van der Waals surface area contributed by atoms with Crippen LogP contribution in [0.2, 0.25) is 0 Å². The van der Waals surface area contributed by atoms with Crippen LogP contribution in [-0.4, -0.2) is 29.8 Å². The summed E-state index contributed by atoms with van der Waals surface area (Å²) in [5.74, 6) is -0.297. The predicted molar refractivity (Wildman–Crippen MR) is 98.4 cm³/mol. The molecule has 1 heterocycles. The van der Waals surface area contributed by atoms with Gasteiger partial charge in [-0.15, -0.1) is 0 Å². The third kappa shape index (κ3) is 5.02. The molecule has 0 spiro atoms. The minimum Gasteiger partial charge on any atom is -0.352 e. The lowest BCUT2D eigenvalue weighted by atomic mass is 10.1. The van der Waals surface area contributed by atoms with Gasteiger partial charge in [0.05, 0.1) is 0 Å². The van der Waals surface area contributed by atoms with Crippen LogP contribution in [0.3, 0.4) is 0 Å². The van der Waals surface area contributed by atoms with E-state index < -0.39 is 0 Å². The van der Waals surface area contributed by atoms with Gasteiger partial charge in [-0.1, -0.05) is 42.5 Å². The summed E-state index contributed by atoms with van der Waals surface area (Å²) in [6, 6.07) is 15.8. The van der Waals surface area contributed by atoms with Crippen LogP contribution in [-0.2, 0) is 16.1 Å². The molecule has 1 N–H and O–H groups in total. The van der Waals surface area contributed by atoms with Crippen molar-refractivity contribution in [3.8, 4) is 0 Å². The van der Waals surface area contributed by atoms with Crippen molar-refractivity contribution < 1.29 is 14.0 Å². The molecule has 2 aromatic carbocycles. The topological polar surface area (TPSA) is 49.4 Å². The molecule has 134 valence electrons. The molecular weight excluding hydrogens is 331 g/mol. The molecule has 1 fully saturated rings. The van der Waals surface area contributed by atoms with Crippen LogP contribution in [0.5, 0.6) is 0 Å². The highest BCUT2D eigenvalue weighted by molar-refractivity contribution is 5.91. The second kappa shape index (κ2) is 8.43. The van der Waals surface area contributed by atoms with Crippen LogP contribution in [0.25, 0.3) is 6.08 Å². The first-order valence-corrected chi connectivity index (χ1v) is 8.63. The number of hydrogen-bond donors (Lipinski definition) is 1. The number of nitrogens with one attached hydrogen (secondary N) is 1. The van der Waals surface area contributed by atoms with E-state index in [9.17, 15) is 14.0 Å². The molecule has 1 aliphatic heterocycles. The average Bonchev–Trinajstić information content (AvgIpc) is 3.00. The normalized spacial score (nSPS) is 17.0. The van der Waals surface area contributed by atoms with Crippen molar-refractivity contribution in [1.29, 1.82) is 0 Å². The summed E-state index contributed by atoms with van der Waals surface area (Å²) in [6.07, 6.45) is 3.68.